The fourth-order valence-corrected chi connectivity index (χ4v) is 11.6. The molecule has 2 aliphatic heterocycles. The number of benzene rings is 4. The minimum atomic E-state index is -1.46. The lowest BCUT2D eigenvalue weighted by molar-refractivity contribution is -0.133. The Morgan fingerprint density at radius 1 is 0.649 bits per heavy atom. The average molecular weight is 1090 g/mol. The molecule has 2 aliphatic carbocycles. The van der Waals surface area contributed by atoms with Crippen molar-refractivity contribution in [1.82, 2.24) is 51.0 Å². The standard InChI is InChI=1S/C28H32ClN7O2.C27H30ClFN2O2.CH3N5/c1-17(18-8-10-19(11-9-18)24(37)30-26-32-34-35-33-26)36-25(38)23(20-6-5-7-22(29)16-20)31-28(36)14-12-21(13-15-28)27(2,3)4;1-17(18-8-10-19(11-9-18)24(29)32)31-25(33)23(20-6-5-7-22(28)16-20)30-27(31)14-12-21(13-15-27)26(2,3)4;2-1-3-5-6-4-1/h5-11,16-17,21H,12-15H2,1-4H3,(H2,30,32,33,34,35,37);5-11,16-17,21H,12-15H2,1-4H3;(H3,2,3,4,5,6)/t17-,21?,28?;17-,21?,27?;/m11./s1. The molecule has 2 aromatic heterocycles. The van der Waals surface area contributed by atoms with Crippen molar-refractivity contribution < 1.29 is 23.6 Å². The molecule has 21 heteroatoms. The van der Waals surface area contributed by atoms with Crippen molar-refractivity contribution in [3.8, 4) is 0 Å². The number of nitrogens with one attached hydrogen (secondary N) is 3. The van der Waals surface area contributed by atoms with Crippen LogP contribution in [0, 0.1) is 22.7 Å². The summed E-state index contributed by atoms with van der Waals surface area (Å²) in [4.78, 5) is 65.5. The predicted octanol–water partition coefficient (Wildman–Crippen LogP) is 11.0. The van der Waals surface area contributed by atoms with Crippen molar-refractivity contribution in [3.05, 3.63) is 140 Å². The van der Waals surface area contributed by atoms with E-state index in [-0.39, 0.29) is 58.1 Å². The maximum Gasteiger partial charge on any atom is 0.332 e. The molecule has 2 spiro atoms. The molecule has 0 radical (unpaired) electrons. The Morgan fingerprint density at radius 2 is 1.06 bits per heavy atom. The highest BCUT2D eigenvalue weighted by molar-refractivity contribution is 6.48. The van der Waals surface area contributed by atoms with Crippen LogP contribution in [0.2, 0.25) is 10.0 Å². The first-order chi connectivity index (χ1) is 36.5. The van der Waals surface area contributed by atoms with Crippen LogP contribution in [-0.4, -0.2) is 97.6 Å². The minimum absolute atomic E-state index is 0.00923. The highest BCUT2D eigenvalue weighted by Crippen LogP contribution is 2.51. The Morgan fingerprint density at radius 3 is 1.40 bits per heavy atom. The maximum absolute atomic E-state index is 14.0. The lowest BCUT2D eigenvalue weighted by atomic mass is 9.69. The summed E-state index contributed by atoms with van der Waals surface area (Å²) in [6.07, 6.45) is 7.17. The van der Waals surface area contributed by atoms with Crippen LogP contribution in [0.25, 0.3) is 0 Å². The summed E-state index contributed by atoms with van der Waals surface area (Å²) < 4.78 is 13.1. The van der Waals surface area contributed by atoms with Crippen LogP contribution in [-0.2, 0) is 9.59 Å². The van der Waals surface area contributed by atoms with Gasteiger partial charge in [-0.15, -0.1) is 10.2 Å². The second kappa shape index (κ2) is 22.8. The lowest BCUT2D eigenvalue weighted by Crippen LogP contribution is -2.50. The van der Waals surface area contributed by atoms with Crippen LogP contribution in [0.15, 0.2) is 107 Å². The number of amides is 3. The van der Waals surface area contributed by atoms with E-state index in [0.29, 0.717) is 38.9 Å². The molecule has 3 amide bonds. The third-order valence-electron chi connectivity index (χ3n) is 15.6. The molecule has 404 valence electrons. The number of tetrazole rings is 2. The van der Waals surface area contributed by atoms with Gasteiger partial charge in [-0.05, 0) is 158 Å². The van der Waals surface area contributed by atoms with Crippen molar-refractivity contribution in [3.63, 3.8) is 0 Å². The summed E-state index contributed by atoms with van der Waals surface area (Å²) in [7, 11) is 0. The van der Waals surface area contributed by atoms with E-state index in [2.05, 4.69) is 88.1 Å². The first kappa shape index (κ1) is 56.0. The fraction of sp³-hybridized carbons (Fsp3) is 0.429. The number of nitrogen functional groups attached to an aromatic ring is 1. The van der Waals surface area contributed by atoms with E-state index in [0.717, 1.165) is 73.6 Å². The number of halogens is 3. The first-order valence-corrected chi connectivity index (χ1v) is 26.6. The summed E-state index contributed by atoms with van der Waals surface area (Å²) in [5.41, 5.74) is 8.73. The zero-order valence-corrected chi connectivity index (χ0v) is 46.0. The third kappa shape index (κ3) is 12.5. The zero-order chi connectivity index (χ0) is 55.5. The van der Waals surface area contributed by atoms with Gasteiger partial charge >= 0.3 is 6.04 Å². The number of aliphatic imine (C=N–C) groups is 2. The highest BCUT2D eigenvalue weighted by Gasteiger charge is 2.53. The Kier molecular flexibility index (Phi) is 16.5. The number of anilines is 2. The van der Waals surface area contributed by atoms with E-state index in [1.54, 1.807) is 48.5 Å². The van der Waals surface area contributed by atoms with Crippen molar-refractivity contribution in [2.45, 2.75) is 130 Å². The summed E-state index contributed by atoms with van der Waals surface area (Å²) in [6, 6.07) is 26.2. The van der Waals surface area contributed by atoms with Crippen LogP contribution >= 0.6 is 23.2 Å². The summed E-state index contributed by atoms with van der Waals surface area (Å²) in [6.45, 7) is 17.7. The van der Waals surface area contributed by atoms with Crippen LogP contribution in [0.4, 0.5) is 16.3 Å². The highest BCUT2D eigenvalue weighted by atomic mass is 35.5. The lowest BCUT2D eigenvalue weighted by Gasteiger charge is -2.46. The van der Waals surface area contributed by atoms with Gasteiger partial charge in [0.05, 0.1) is 17.6 Å². The van der Waals surface area contributed by atoms with Gasteiger partial charge in [-0.2, -0.15) is 14.8 Å². The third-order valence-corrected chi connectivity index (χ3v) is 16.1. The number of carbonyl (C=O) groups is 4. The van der Waals surface area contributed by atoms with Crippen LogP contribution in [0.3, 0.4) is 0 Å². The quantitative estimate of drug-likeness (QED) is 0.0992. The van der Waals surface area contributed by atoms with Crippen molar-refractivity contribution in [2.75, 3.05) is 11.1 Å². The zero-order valence-electron chi connectivity index (χ0n) is 44.5. The van der Waals surface area contributed by atoms with E-state index >= 15 is 0 Å². The van der Waals surface area contributed by atoms with Crippen LogP contribution in [0.5, 0.6) is 0 Å². The Balaban J connectivity index is 0.000000185. The average Bonchev–Trinajstić information content (AvgIpc) is 4.22. The summed E-state index contributed by atoms with van der Waals surface area (Å²) >= 11 is 12.5. The minimum Gasteiger partial charge on any atom is -0.365 e. The smallest absolute Gasteiger partial charge is 0.332 e. The molecule has 0 saturated heterocycles. The Hall–Kier alpha value is -7.25. The number of aromatic amines is 2. The number of nitrogens with two attached hydrogens (primary N) is 1. The molecule has 6 aromatic rings. The van der Waals surface area contributed by atoms with Gasteiger partial charge in [0, 0.05) is 26.7 Å². The second-order valence-electron chi connectivity index (χ2n) is 22.4. The molecule has 77 heavy (non-hydrogen) atoms. The molecule has 4 heterocycles. The molecule has 2 fully saturated rings. The topological polar surface area (TPSA) is 246 Å². The van der Waals surface area contributed by atoms with Crippen LogP contribution < -0.4 is 11.1 Å². The molecule has 10 rings (SSSR count). The molecule has 4 aromatic carbocycles. The number of hydrogen-bond donors (Lipinski definition) is 4. The number of carbonyl (C=O) groups excluding carboxylic acids is 4. The number of hydrogen-bond acceptors (Lipinski definition) is 13. The number of nitrogens with zero attached hydrogens (tertiary/aromatic N) is 10. The number of rotatable bonds is 9. The summed E-state index contributed by atoms with van der Waals surface area (Å²) in [5.74, 6) is 0.867. The predicted molar refractivity (Wildman–Crippen MR) is 294 cm³/mol. The first-order valence-electron chi connectivity index (χ1n) is 25.8. The van der Waals surface area contributed by atoms with Gasteiger partial charge in [-0.3, -0.25) is 34.5 Å². The SMILES string of the molecule is C[C@H](c1ccc(C(=O)F)cc1)N1C(=O)C(c2cccc(Cl)c2)=NC12CCC(C(C)(C)C)CC2.C[C@H](c1ccc(C(=O)Nc2nn[nH]n2)cc1)N1C(=O)C(c2cccc(Cl)c2)=NC12CCC(C(C)(C)C)CC2.Nc1nn[nH]n1. The number of H-pyrrole nitrogens is 2. The van der Waals surface area contributed by atoms with E-state index in [9.17, 15) is 23.6 Å². The Labute approximate surface area is 457 Å². The molecule has 2 saturated carbocycles. The Bertz CT molecular complexity index is 3120. The van der Waals surface area contributed by atoms with Gasteiger partial charge in [0.25, 0.3) is 29.6 Å². The molecule has 0 unspecified atom stereocenters. The second-order valence-corrected chi connectivity index (χ2v) is 23.2. The molecule has 4 aliphatic rings. The van der Waals surface area contributed by atoms with E-state index in [1.807, 2.05) is 60.0 Å². The van der Waals surface area contributed by atoms with Gasteiger partial charge in [0.15, 0.2) is 0 Å². The van der Waals surface area contributed by atoms with Crippen molar-refractivity contribution in [1.29, 1.82) is 0 Å². The van der Waals surface area contributed by atoms with Gasteiger partial charge in [0.1, 0.15) is 22.7 Å². The largest absolute Gasteiger partial charge is 0.365 e. The molecule has 18 nitrogen and oxygen atoms in total. The monoisotopic (exact) mass is 1090 g/mol. The number of aromatic nitrogens is 8. The van der Waals surface area contributed by atoms with Gasteiger partial charge in [-0.25, -0.2) is 0 Å². The van der Waals surface area contributed by atoms with Crippen molar-refractivity contribution in [2.24, 2.45) is 32.7 Å². The van der Waals surface area contributed by atoms with Crippen LogP contribution in [0.1, 0.15) is 162 Å². The molecule has 2 atom stereocenters. The van der Waals surface area contributed by atoms with Gasteiger partial charge in [-0.1, -0.05) is 123 Å². The molecular formula is C56H65Cl2FN14O4. The van der Waals surface area contributed by atoms with Crippen molar-refractivity contribution >= 4 is 70.3 Å². The molecule has 0 bridgehead atoms. The normalized spacial score (nSPS) is 22.1. The van der Waals surface area contributed by atoms with E-state index in [4.69, 9.17) is 38.9 Å². The van der Waals surface area contributed by atoms with Gasteiger partial charge < -0.3 is 15.5 Å². The van der Waals surface area contributed by atoms with E-state index in [1.165, 1.54) is 12.1 Å². The molecule has 5 N–H and O–H groups in total. The summed E-state index contributed by atoms with van der Waals surface area (Å²) in [5, 5.41) is 29.0. The van der Waals surface area contributed by atoms with E-state index < -0.39 is 17.4 Å². The maximum atomic E-state index is 14.0. The fourth-order valence-electron chi connectivity index (χ4n) is 11.2. The molecular weight excluding hydrogens is 1020 g/mol. The van der Waals surface area contributed by atoms with Gasteiger partial charge in [0.2, 0.25) is 0 Å².